The number of thioether (sulfide) groups is 1. The minimum atomic E-state index is -0.0327. The van der Waals surface area contributed by atoms with E-state index < -0.39 is 0 Å². The number of anilines is 1. The molecule has 3 heterocycles. The average molecular weight is 474 g/mol. The molecular weight excluding hydrogens is 450 g/mol. The summed E-state index contributed by atoms with van der Waals surface area (Å²) in [5.41, 5.74) is 3.47. The predicted molar refractivity (Wildman–Crippen MR) is 134 cm³/mol. The molecule has 0 aliphatic carbocycles. The van der Waals surface area contributed by atoms with Crippen LogP contribution in [-0.2, 0) is 5.75 Å². The van der Waals surface area contributed by atoms with Crippen LogP contribution in [0.4, 0.5) is 5.69 Å². The third kappa shape index (κ3) is 4.63. The van der Waals surface area contributed by atoms with Crippen molar-refractivity contribution in [2.24, 2.45) is 0 Å². The number of rotatable bonds is 5. The number of amides is 1. The maximum Gasteiger partial charge on any atom is 0.289 e. The molecule has 1 aliphatic heterocycles. The van der Waals surface area contributed by atoms with Gasteiger partial charge in [0.25, 0.3) is 5.91 Å². The van der Waals surface area contributed by atoms with Crippen LogP contribution in [0.2, 0.25) is 0 Å². The first-order valence-corrected chi connectivity index (χ1v) is 12.8. The molecule has 2 aromatic heterocycles. The summed E-state index contributed by atoms with van der Waals surface area (Å²) < 4.78 is 7.34. The smallest absolute Gasteiger partial charge is 0.289 e. The molecule has 33 heavy (non-hydrogen) atoms. The number of para-hydroxylation sites is 1. The molecule has 1 saturated heterocycles. The van der Waals surface area contributed by atoms with E-state index in [1.807, 2.05) is 59.5 Å². The lowest BCUT2D eigenvalue weighted by molar-refractivity contribution is 0.0736. The first-order valence-electron chi connectivity index (χ1n) is 10.9. The third-order valence-corrected chi connectivity index (χ3v) is 8.05. The van der Waals surface area contributed by atoms with Crippen LogP contribution in [0.25, 0.3) is 11.0 Å². The van der Waals surface area contributed by atoms with E-state index >= 15 is 0 Å². The Balaban J connectivity index is 1.35. The Bertz CT molecular complexity index is 1290. The molecule has 0 atom stereocenters. The monoisotopic (exact) mass is 473 g/mol. The van der Waals surface area contributed by atoms with Crippen molar-refractivity contribution in [3.63, 3.8) is 0 Å². The van der Waals surface area contributed by atoms with Crippen LogP contribution in [-0.4, -0.2) is 37.0 Å². The number of nitriles is 1. The van der Waals surface area contributed by atoms with E-state index in [1.54, 1.807) is 23.1 Å². The van der Waals surface area contributed by atoms with Gasteiger partial charge in [0.15, 0.2) is 5.76 Å². The Morgan fingerprint density at radius 3 is 2.67 bits per heavy atom. The standard InChI is InChI=1S/C26H23N3O2S2/c27-17-19-8-10-20(11-9-19)28-12-4-13-29(15-14-28)26(30)25-22(18-33-24-7-3-16-32-24)21-5-1-2-6-23(21)31-25/h1-3,5-11,16H,4,12-15,18H2. The quantitative estimate of drug-likeness (QED) is 0.332. The number of carbonyl (C=O) groups excluding carboxylic acids is 1. The van der Waals surface area contributed by atoms with Crippen molar-refractivity contribution in [2.45, 2.75) is 16.4 Å². The Morgan fingerprint density at radius 1 is 1.03 bits per heavy atom. The lowest BCUT2D eigenvalue weighted by Crippen LogP contribution is -2.35. The van der Waals surface area contributed by atoms with E-state index in [0.29, 0.717) is 30.2 Å². The lowest BCUT2D eigenvalue weighted by atomic mass is 10.1. The molecule has 2 aromatic carbocycles. The van der Waals surface area contributed by atoms with Crippen molar-refractivity contribution in [1.29, 1.82) is 5.26 Å². The number of thiophene rings is 1. The topological polar surface area (TPSA) is 60.5 Å². The Morgan fingerprint density at radius 2 is 1.88 bits per heavy atom. The highest BCUT2D eigenvalue weighted by Crippen LogP contribution is 2.34. The Hall–Kier alpha value is -3.21. The van der Waals surface area contributed by atoms with E-state index in [2.05, 4.69) is 22.4 Å². The van der Waals surface area contributed by atoms with Gasteiger partial charge in [0, 0.05) is 48.6 Å². The zero-order valence-corrected chi connectivity index (χ0v) is 19.7. The number of hydrogen-bond acceptors (Lipinski definition) is 6. The summed E-state index contributed by atoms with van der Waals surface area (Å²) in [4.78, 5) is 17.8. The van der Waals surface area contributed by atoms with Gasteiger partial charge >= 0.3 is 0 Å². The highest BCUT2D eigenvalue weighted by atomic mass is 32.2. The highest BCUT2D eigenvalue weighted by Gasteiger charge is 2.27. The second kappa shape index (κ2) is 9.74. The highest BCUT2D eigenvalue weighted by molar-refractivity contribution is 8.00. The fourth-order valence-electron chi connectivity index (χ4n) is 4.17. The van der Waals surface area contributed by atoms with Gasteiger partial charge in [-0.3, -0.25) is 4.79 Å². The second-order valence-corrected chi connectivity index (χ2v) is 10.1. The summed E-state index contributed by atoms with van der Waals surface area (Å²) >= 11 is 3.45. The molecule has 7 heteroatoms. The zero-order valence-electron chi connectivity index (χ0n) is 18.1. The minimum absolute atomic E-state index is 0.0327. The van der Waals surface area contributed by atoms with Gasteiger partial charge in [-0.2, -0.15) is 5.26 Å². The van der Waals surface area contributed by atoms with Crippen LogP contribution >= 0.6 is 23.1 Å². The van der Waals surface area contributed by atoms with Crippen molar-refractivity contribution in [1.82, 2.24) is 4.90 Å². The van der Waals surface area contributed by atoms with Gasteiger partial charge in [-0.25, -0.2) is 0 Å². The second-order valence-electron chi connectivity index (χ2n) is 7.92. The summed E-state index contributed by atoms with van der Waals surface area (Å²) in [6.07, 6.45) is 0.880. The van der Waals surface area contributed by atoms with Gasteiger partial charge in [0.05, 0.1) is 15.8 Å². The molecule has 1 aliphatic rings. The number of carbonyl (C=O) groups is 1. The number of fused-ring (bicyclic) bond motifs is 1. The van der Waals surface area contributed by atoms with E-state index in [9.17, 15) is 4.79 Å². The van der Waals surface area contributed by atoms with Crippen molar-refractivity contribution in [2.75, 3.05) is 31.1 Å². The number of furan rings is 1. The summed E-state index contributed by atoms with van der Waals surface area (Å²) in [6, 6.07) is 21.9. The molecule has 0 unspecified atom stereocenters. The third-order valence-electron chi connectivity index (χ3n) is 5.89. The molecule has 0 saturated carbocycles. The van der Waals surface area contributed by atoms with Gasteiger partial charge < -0.3 is 14.2 Å². The summed E-state index contributed by atoms with van der Waals surface area (Å²) in [7, 11) is 0. The first kappa shape index (κ1) is 21.6. The molecule has 166 valence electrons. The largest absolute Gasteiger partial charge is 0.451 e. The summed E-state index contributed by atoms with van der Waals surface area (Å²) in [5.74, 6) is 1.13. The van der Waals surface area contributed by atoms with Crippen LogP contribution in [0.1, 0.15) is 28.1 Å². The zero-order chi connectivity index (χ0) is 22.6. The lowest BCUT2D eigenvalue weighted by Gasteiger charge is -2.23. The van der Waals surface area contributed by atoms with Crippen LogP contribution in [0.3, 0.4) is 0 Å². The number of benzene rings is 2. The van der Waals surface area contributed by atoms with Crippen LogP contribution in [0.15, 0.2) is 74.7 Å². The van der Waals surface area contributed by atoms with Crippen LogP contribution in [0.5, 0.6) is 0 Å². The molecule has 0 bridgehead atoms. The van der Waals surface area contributed by atoms with Crippen LogP contribution in [0, 0.1) is 11.3 Å². The van der Waals surface area contributed by atoms with Gasteiger partial charge in [-0.05, 0) is 48.2 Å². The first-order chi connectivity index (χ1) is 16.2. The molecule has 1 fully saturated rings. The molecule has 0 spiro atoms. The number of nitrogens with zero attached hydrogens (tertiary/aromatic N) is 3. The molecule has 5 nitrogen and oxygen atoms in total. The van der Waals surface area contributed by atoms with Gasteiger partial charge in [0.2, 0.25) is 0 Å². The van der Waals surface area contributed by atoms with Gasteiger partial charge in [-0.1, -0.05) is 24.3 Å². The van der Waals surface area contributed by atoms with Gasteiger partial charge in [-0.15, -0.1) is 23.1 Å². The maximum absolute atomic E-state index is 13.6. The molecule has 5 rings (SSSR count). The van der Waals surface area contributed by atoms with Gasteiger partial charge in [0.1, 0.15) is 5.58 Å². The molecule has 0 N–H and O–H groups in total. The van der Waals surface area contributed by atoms with Crippen molar-refractivity contribution >= 4 is 45.7 Å². The van der Waals surface area contributed by atoms with Crippen molar-refractivity contribution in [3.8, 4) is 6.07 Å². The summed E-state index contributed by atoms with van der Waals surface area (Å²) in [6.45, 7) is 2.95. The van der Waals surface area contributed by atoms with Crippen LogP contribution < -0.4 is 4.90 Å². The van der Waals surface area contributed by atoms with Crippen molar-refractivity contribution < 1.29 is 9.21 Å². The molecular formula is C26H23N3O2S2. The van der Waals surface area contributed by atoms with Crippen molar-refractivity contribution in [3.05, 3.63) is 82.9 Å². The molecule has 4 aromatic rings. The fourth-order valence-corrected chi connectivity index (χ4v) is 5.98. The predicted octanol–water partition coefficient (Wildman–Crippen LogP) is 6.01. The van der Waals surface area contributed by atoms with E-state index in [4.69, 9.17) is 9.68 Å². The Labute approximate surface area is 201 Å². The normalized spacial score (nSPS) is 14.3. The van der Waals surface area contributed by atoms with E-state index in [-0.39, 0.29) is 5.91 Å². The Kier molecular flexibility index (Phi) is 6.38. The SMILES string of the molecule is N#Cc1ccc(N2CCCN(C(=O)c3oc4ccccc4c3CSc3cccs3)CC2)cc1. The van der Waals surface area contributed by atoms with E-state index in [1.165, 1.54) is 4.21 Å². The average Bonchev–Trinajstić information content (AvgIpc) is 3.43. The fraction of sp³-hybridized carbons (Fsp3) is 0.231. The molecule has 1 amide bonds. The maximum atomic E-state index is 13.6. The number of hydrogen-bond donors (Lipinski definition) is 0. The minimum Gasteiger partial charge on any atom is -0.451 e. The molecule has 0 radical (unpaired) electrons. The summed E-state index contributed by atoms with van der Waals surface area (Å²) in [5, 5.41) is 12.1. The van der Waals surface area contributed by atoms with E-state index in [0.717, 1.165) is 41.7 Å².